The third kappa shape index (κ3) is 2.98. The Labute approximate surface area is 137 Å². The largest absolute Gasteiger partial charge is 0.283 e. The van der Waals surface area contributed by atoms with Gasteiger partial charge in [0, 0.05) is 6.07 Å². The summed E-state index contributed by atoms with van der Waals surface area (Å²) < 4.78 is 0. The zero-order chi connectivity index (χ0) is 17.1. The molecule has 118 valence electrons. The van der Waals surface area contributed by atoms with Gasteiger partial charge in [-0.1, -0.05) is 48.5 Å². The highest BCUT2D eigenvalue weighted by atomic mass is 16.6. The molecule has 3 aromatic rings. The summed E-state index contributed by atoms with van der Waals surface area (Å²) in [6.45, 7) is 0. The zero-order valence-electron chi connectivity index (χ0n) is 12.5. The van der Waals surface area contributed by atoms with Crippen LogP contribution in [0.5, 0.6) is 0 Å². The first-order chi connectivity index (χ1) is 11.6. The number of hydrogen-bond acceptors (Lipinski definition) is 4. The van der Waals surface area contributed by atoms with Crippen molar-refractivity contribution in [1.82, 2.24) is 0 Å². The summed E-state index contributed by atoms with van der Waals surface area (Å²) in [6.07, 6.45) is 3.38. The normalized spacial score (nSPS) is 11.0. The smallest absolute Gasteiger partial charge is 0.258 e. The Morgan fingerprint density at radius 2 is 1.46 bits per heavy atom. The van der Waals surface area contributed by atoms with Gasteiger partial charge in [0.05, 0.1) is 21.5 Å². The Bertz CT molecular complexity index is 974. The molecule has 0 aliphatic heterocycles. The van der Waals surface area contributed by atoms with Gasteiger partial charge in [-0.2, -0.15) is 0 Å². The Kier molecular flexibility index (Phi) is 4.03. The van der Waals surface area contributed by atoms with E-state index in [1.807, 2.05) is 42.5 Å². The predicted octanol–water partition coefficient (Wildman–Crippen LogP) is 4.83. The van der Waals surface area contributed by atoms with Gasteiger partial charge in [-0.3, -0.25) is 20.2 Å². The molecule has 0 aliphatic rings. The van der Waals surface area contributed by atoms with Crippen molar-refractivity contribution in [1.29, 1.82) is 0 Å². The number of rotatable bonds is 4. The maximum atomic E-state index is 11.2. The Morgan fingerprint density at radius 1 is 0.750 bits per heavy atom. The first kappa shape index (κ1) is 15.4. The van der Waals surface area contributed by atoms with Crippen LogP contribution >= 0.6 is 0 Å². The minimum absolute atomic E-state index is 0.291. The van der Waals surface area contributed by atoms with Crippen LogP contribution in [0.2, 0.25) is 0 Å². The summed E-state index contributed by atoms with van der Waals surface area (Å²) in [5.74, 6) is 0. The SMILES string of the molecule is O=[N+]([O-])c1ccc(/C=C\c2cccc3ccccc23)c([N+](=O)[O-])c1. The Morgan fingerprint density at radius 3 is 2.21 bits per heavy atom. The van der Waals surface area contributed by atoms with Crippen molar-refractivity contribution in [2.24, 2.45) is 0 Å². The third-order valence-corrected chi connectivity index (χ3v) is 3.69. The highest BCUT2D eigenvalue weighted by Gasteiger charge is 2.17. The van der Waals surface area contributed by atoms with Crippen LogP contribution in [0.3, 0.4) is 0 Å². The molecule has 3 aromatic carbocycles. The van der Waals surface area contributed by atoms with Crippen molar-refractivity contribution in [3.63, 3.8) is 0 Å². The maximum absolute atomic E-state index is 11.2. The average molecular weight is 320 g/mol. The molecule has 0 atom stereocenters. The number of benzene rings is 3. The molecule has 0 fully saturated rings. The predicted molar refractivity (Wildman–Crippen MR) is 92.6 cm³/mol. The van der Waals surface area contributed by atoms with E-state index in [4.69, 9.17) is 0 Å². The quantitative estimate of drug-likeness (QED) is 0.391. The lowest BCUT2D eigenvalue weighted by Crippen LogP contribution is -1.94. The average Bonchev–Trinajstić information content (AvgIpc) is 2.59. The van der Waals surface area contributed by atoms with Crippen LogP contribution in [-0.2, 0) is 0 Å². The minimum atomic E-state index is -0.648. The van der Waals surface area contributed by atoms with E-state index >= 15 is 0 Å². The van der Waals surface area contributed by atoms with E-state index in [2.05, 4.69) is 0 Å². The monoisotopic (exact) mass is 320 g/mol. The molecular weight excluding hydrogens is 308 g/mol. The molecule has 0 saturated carbocycles. The van der Waals surface area contributed by atoms with Crippen molar-refractivity contribution >= 4 is 34.3 Å². The standard InChI is InChI=1S/C18H12N2O4/c21-19(22)16-11-10-15(18(12-16)20(23)24)9-8-14-6-3-5-13-4-1-2-7-17(13)14/h1-12H/b9-8-. The van der Waals surface area contributed by atoms with Crippen molar-refractivity contribution in [3.8, 4) is 0 Å². The fraction of sp³-hybridized carbons (Fsp3) is 0. The maximum Gasteiger partial charge on any atom is 0.283 e. The molecule has 6 nitrogen and oxygen atoms in total. The number of nitro benzene ring substituents is 2. The van der Waals surface area contributed by atoms with E-state index in [0.29, 0.717) is 5.56 Å². The Balaban J connectivity index is 2.05. The second kappa shape index (κ2) is 6.29. The van der Waals surface area contributed by atoms with Crippen LogP contribution in [-0.4, -0.2) is 9.85 Å². The molecule has 0 saturated heterocycles. The van der Waals surface area contributed by atoms with Gasteiger partial charge in [-0.25, -0.2) is 0 Å². The van der Waals surface area contributed by atoms with Gasteiger partial charge in [-0.15, -0.1) is 0 Å². The van der Waals surface area contributed by atoms with Gasteiger partial charge in [-0.05, 0) is 28.5 Å². The van der Waals surface area contributed by atoms with Crippen molar-refractivity contribution in [2.45, 2.75) is 0 Å². The summed E-state index contributed by atoms with van der Waals surface area (Å²) in [5, 5.41) is 24.0. The molecule has 24 heavy (non-hydrogen) atoms. The first-order valence-corrected chi connectivity index (χ1v) is 7.15. The number of hydrogen-bond donors (Lipinski definition) is 0. The van der Waals surface area contributed by atoms with E-state index in [-0.39, 0.29) is 11.4 Å². The Hall–Kier alpha value is -3.54. The number of non-ortho nitro benzene ring substituents is 1. The number of nitro groups is 2. The lowest BCUT2D eigenvalue weighted by Gasteiger charge is -2.02. The fourth-order valence-electron chi connectivity index (χ4n) is 2.52. The van der Waals surface area contributed by atoms with Crippen LogP contribution in [0.25, 0.3) is 22.9 Å². The lowest BCUT2D eigenvalue weighted by molar-refractivity contribution is -0.394. The highest BCUT2D eigenvalue weighted by Crippen LogP contribution is 2.27. The van der Waals surface area contributed by atoms with E-state index in [1.165, 1.54) is 12.1 Å². The van der Waals surface area contributed by atoms with Crippen LogP contribution in [0.1, 0.15) is 11.1 Å². The van der Waals surface area contributed by atoms with Crippen LogP contribution in [0.15, 0.2) is 60.7 Å². The molecule has 0 radical (unpaired) electrons. The number of fused-ring (bicyclic) bond motifs is 1. The zero-order valence-corrected chi connectivity index (χ0v) is 12.5. The van der Waals surface area contributed by atoms with Crippen molar-refractivity contribution < 1.29 is 9.85 Å². The third-order valence-electron chi connectivity index (χ3n) is 3.69. The topological polar surface area (TPSA) is 86.3 Å². The summed E-state index contributed by atoms with van der Waals surface area (Å²) in [6, 6.07) is 17.3. The molecule has 0 heterocycles. The van der Waals surface area contributed by atoms with Gasteiger partial charge in [0.2, 0.25) is 0 Å². The minimum Gasteiger partial charge on any atom is -0.258 e. The van der Waals surface area contributed by atoms with E-state index in [9.17, 15) is 20.2 Å². The summed E-state index contributed by atoms with van der Waals surface area (Å²) in [7, 11) is 0. The van der Waals surface area contributed by atoms with E-state index in [1.54, 1.807) is 12.2 Å². The molecule has 0 spiro atoms. The number of nitrogens with zero attached hydrogens (tertiary/aromatic N) is 2. The van der Waals surface area contributed by atoms with Gasteiger partial charge >= 0.3 is 0 Å². The summed E-state index contributed by atoms with van der Waals surface area (Å²) in [4.78, 5) is 20.7. The van der Waals surface area contributed by atoms with Crippen LogP contribution < -0.4 is 0 Å². The molecule has 3 rings (SSSR count). The second-order valence-corrected chi connectivity index (χ2v) is 5.16. The first-order valence-electron chi connectivity index (χ1n) is 7.15. The molecule has 0 N–H and O–H groups in total. The second-order valence-electron chi connectivity index (χ2n) is 5.16. The van der Waals surface area contributed by atoms with E-state index < -0.39 is 9.85 Å². The van der Waals surface area contributed by atoms with Gasteiger partial charge < -0.3 is 0 Å². The molecule has 0 bridgehead atoms. The van der Waals surface area contributed by atoms with Crippen LogP contribution in [0, 0.1) is 20.2 Å². The molecule has 6 heteroatoms. The van der Waals surface area contributed by atoms with Gasteiger partial charge in [0.15, 0.2) is 0 Å². The van der Waals surface area contributed by atoms with Gasteiger partial charge in [0.25, 0.3) is 11.4 Å². The van der Waals surface area contributed by atoms with Crippen molar-refractivity contribution in [3.05, 3.63) is 92.0 Å². The summed E-state index contributed by atoms with van der Waals surface area (Å²) >= 11 is 0. The molecule has 0 aromatic heterocycles. The van der Waals surface area contributed by atoms with Crippen molar-refractivity contribution in [2.75, 3.05) is 0 Å². The molecule has 0 aliphatic carbocycles. The highest BCUT2D eigenvalue weighted by molar-refractivity contribution is 5.93. The molecule has 0 unspecified atom stereocenters. The molecular formula is C18H12N2O4. The lowest BCUT2D eigenvalue weighted by atomic mass is 10.0. The molecule has 0 amide bonds. The fourth-order valence-corrected chi connectivity index (χ4v) is 2.52. The van der Waals surface area contributed by atoms with Crippen LogP contribution in [0.4, 0.5) is 11.4 Å². The summed E-state index contributed by atoms with van der Waals surface area (Å²) in [5.41, 5.74) is 0.643. The van der Waals surface area contributed by atoms with E-state index in [0.717, 1.165) is 22.4 Å². The van der Waals surface area contributed by atoms with Gasteiger partial charge in [0.1, 0.15) is 0 Å².